The van der Waals surface area contributed by atoms with E-state index in [2.05, 4.69) is 15.4 Å². The number of amides is 2. The monoisotopic (exact) mass is 274 g/mol. The molecule has 0 aromatic carbocycles. The van der Waals surface area contributed by atoms with Crippen molar-refractivity contribution >= 4 is 18.0 Å². The van der Waals surface area contributed by atoms with Crippen LogP contribution in [0.3, 0.4) is 0 Å². The summed E-state index contributed by atoms with van der Waals surface area (Å²) in [6, 6.07) is -1.99. The third-order valence-corrected chi connectivity index (χ3v) is 3.06. The molecule has 0 saturated heterocycles. The van der Waals surface area contributed by atoms with Crippen LogP contribution in [0.2, 0.25) is 0 Å². The molecule has 19 heavy (non-hydrogen) atoms. The number of methoxy groups -OCH3 is 1. The number of carbonyl (C=O) groups excluding carboxylic acids is 2. The number of carboxylic acids is 1. The minimum Gasteiger partial charge on any atom is -0.480 e. The second-order valence-corrected chi connectivity index (χ2v) is 4.46. The molecular weight excluding hydrogens is 252 g/mol. The van der Waals surface area contributed by atoms with Crippen LogP contribution in [0.5, 0.6) is 0 Å². The van der Waals surface area contributed by atoms with Gasteiger partial charge in [0.15, 0.2) is 0 Å². The van der Waals surface area contributed by atoms with E-state index in [1.54, 1.807) is 0 Å². The van der Waals surface area contributed by atoms with Crippen LogP contribution in [0.1, 0.15) is 33.6 Å². The molecule has 0 rings (SSSR count). The van der Waals surface area contributed by atoms with E-state index in [1.807, 2.05) is 20.8 Å². The lowest BCUT2D eigenvalue weighted by atomic mass is 10.0. The van der Waals surface area contributed by atoms with Gasteiger partial charge >= 0.3 is 18.0 Å². The summed E-state index contributed by atoms with van der Waals surface area (Å²) >= 11 is 0. The van der Waals surface area contributed by atoms with Crippen LogP contribution >= 0.6 is 0 Å². The van der Waals surface area contributed by atoms with Gasteiger partial charge in [0.05, 0.1) is 13.5 Å². The number of hydrogen-bond donors (Lipinski definition) is 3. The molecule has 0 fully saturated rings. The van der Waals surface area contributed by atoms with Gasteiger partial charge in [-0.15, -0.1) is 0 Å². The van der Waals surface area contributed by atoms with Crippen molar-refractivity contribution in [1.82, 2.24) is 10.6 Å². The van der Waals surface area contributed by atoms with Crippen molar-refractivity contribution in [1.29, 1.82) is 0 Å². The van der Waals surface area contributed by atoms with Crippen LogP contribution in [0.4, 0.5) is 4.79 Å². The minimum atomic E-state index is -1.29. The smallest absolute Gasteiger partial charge is 0.326 e. The summed E-state index contributed by atoms with van der Waals surface area (Å²) < 4.78 is 4.38. The molecule has 7 nitrogen and oxygen atoms in total. The third kappa shape index (κ3) is 6.64. The van der Waals surface area contributed by atoms with E-state index in [0.29, 0.717) is 0 Å². The van der Waals surface area contributed by atoms with Gasteiger partial charge in [0, 0.05) is 6.04 Å². The molecule has 3 N–H and O–H groups in total. The van der Waals surface area contributed by atoms with E-state index in [0.717, 1.165) is 13.5 Å². The van der Waals surface area contributed by atoms with Crippen LogP contribution in [-0.2, 0) is 14.3 Å². The highest BCUT2D eigenvalue weighted by Gasteiger charge is 2.24. The van der Waals surface area contributed by atoms with E-state index in [4.69, 9.17) is 5.11 Å². The predicted molar refractivity (Wildman–Crippen MR) is 68.6 cm³/mol. The molecule has 2 unspecified atom stereocenters. The molecule has 2 amide bonds. The third-order valence-electron chi connectivity index (χ3n) is 3.06. The molecule has 0 aromatic heterocycles. The lowest BCUT2D eigenvalue weighted by Crippen LogP contribution is -2.50. The predicted octanol–water partition coefficient (Wildman–Crippen LogP) is 0.737. The fourth-order valence-corrected chi connectivity index (χ4v) is 1.35. The standard InChI is InChI=1S/C12H22N2O5/c1-5-7(2)8(3)13-12(18)14-9(11(16)17)6-10(15)19-4/h7-9H,5-6H2,1-4H3,(H,16,17)(H2,13,14,18)/t7?,8?,9-/m0/s1. The highest BCUT2D eigenvalue weighted by molar-refractivity contribution is 5.86. The number of aliphatic carboxylic acids is 1. The first-order valence-corrected chi connectivity index (χ1v) is 6.18. The van der Waals surface area contributed by atoms with Gasteiger partial charge in [0.1, 0.15) is 6.04 Å². The molecule has 0 spiro atoms. The van der Waals surface area contributed by atoms with Gasteiger partial charge in [0.2, 0.25) is 0 Å². The van der Waals surface area contributed by atoms with E-state index >= 15 is 0 Å². The maximum Gasteiger partial charge on any atom is 0.326 e. The number of esters is 1. The average Bonchev–Trinajstić information content (AvgIpc) is 2.36. The van der Waals surface area contributed by atoms with Crippen molar-refractivity contribution in [2.45, 2.75) is 45.7 Å². The highest BCUT2D eigenvalue weighted by Crippen LogP contribution is 2.06. The van der Waals surface area contributed by atoms with Gasteiger partial charge in [-0.05, 0) is 12.8 Å². The molecule has 7 heteroatoms. The maximum absolute atomic E-state index is 11.6. The molecule has 110 valence electrons. The number of urea groups is 1. The molecule has 0 aliphatic rings. The molecule has 0 radical (unpaired) electrons. The first-order chi connectivity index (χ1) is 8.81. The Hall–Kier alpha value is -1.79. The van der Waals surface area contributed by atoms with E-state index in [1.165, 1.54) is 0 Å². The van der Waals surface area contributed by atoms with Crippen LogP contribution in [-0.4, -0.2) is 42.3 Å². The Morgan fingerprint density at radius 3 is 2.21 bits per heavy atom. The van der Waals surface area contributed by atoms with E-state index < -0.39 is 30.4 Å². The molecule has 3 atom stereocenters. The summed E-state index contributed by atoms with van der Waals surface area (Å²) in [5.41, 5.74) is 0. The minimum absolute atomic E-state index is 0.0856. The molecule has 0 aromatic rings. The van der Waals surface area contributed by atoms with Crippen molar-refractivity contribution in [3.05, 3.63) is 0 Å². The largest absolute Gasteiger partial charge is 0.480 e. The average molecular weight is 274 g/mol. The van der Waals surface area contributed by atoms with Gasteiger partial charge in [0.25, 0.3) is 0 Å². The zero-order valence-electron chi connectivity index (χ0n) is 11.7. The van der Waals surface area contributed by atoms with Gasteiger partial charge in [-0.3, -0.25) is 4.79 Å². The summed E-state index contributed by atoms with van der Waals surface area (Å²) in [6.07, 6.45) is 0.489. The fourth-order valence-electron chi connectivity index (χ4n) is 1.35. The summed E-state index contributed by atoms with van der Waals surface area (Å²) in [7, 11) is 1.16. The van der Waals surface area contributed by atoms with E-state index in [9.17, 15) is 14.4 Å². The normalized spacial score (nSPS) is 14.9. The molecule has 0 aliphatic heterocycles. The zero-order valence-corrected chi connectivity index (χ0v) is 11.7. The molecule has 0 heterocycles. The van der Waals surface area contributed by atoms with Crippen molar-refractivity contribution < 1.29 is 24.2 Å². The molecule has 0 aliphatic carbocycles. The van der Waals surface area contributed by atoms with Crippen LogP contribution in [0, 0.1) is 5.92 Å². The van der Waals surface area contributed by atoms with Crippen LogP contribution in [0.25, 0.3) is 0 Å². The number of ether oxygens (including phenoxy) is 1. The second kappa shape index (κ2) is 8.34. The number of rotatable bonds is 7. The van der Waals surface area contributed by atoms with Crippen LogP contribution in [0.15, 0.2) is 0 Å². The summed E-state index contributed by atoms with van der Waals surface area (Å²) in [5.74, 6) is -1.70. The molecule has 0 bridgehead atoms. The SMILES string of the molecule is CCC(C)C(C)NC(=O)N[C@@H](CC(=O)OC)C(=O)O. The van der Waals surface area contributed by atoms with E-state index in [-0.39, 0.29) is 12.0 Å². The van der Waals surface area contributed by atoms with Crippen molar-refractivity contribution in [3.8, 4) is 0 Å². The Morgan fingerprint density at radius 1 is 1.21 bits per heavy atom. The Balaban J connectivity index is 4.40. The topological polar surface area (TPSA) is 105 Å². The van der Waals surface area contributed by atoms with Gasteiger partial charge in [-0.25, -0.2) is 9.59 Å². The van der Waals surface area contributed by atoms with Gasteiger partial charge < -0.3 is 20.5 Å². The van der Waals surface area contributed by atoms with Gasteiger partial charge in [-0.1, -0.05) is 20.3 Å². The number of carbonyl (C=O) groups is 3. The maximum atomic E-state index is 11.6. The Bertz CT molecular complexity index is 332. The summed E-state index contributed by atoms with van der Waals surface area (Å²) in [5, 5.41) is 13.8. The fraction of sp³-hybridized carbons (Fsp3) is 0.750. The molecular formula is C12H22N2O5. The van der Waals surface area contributed by atoms with Crippen LogP contribution < -0.4 is 10.6 Å². The summed E-state index contributed by atoms with van der Waals surface area (Å²) in [4.78, 5) is 33.6. The summed E-state index contributed by atoms with van der Waals surface area (Å²) in [6.45, 7) is 5.82. The lowest BCUT2D eigenvalue weighted by Gasteiger charge is -2.21. The number of nitrogens with one attached hydrogen (secondary N) is 2. The Kier molecular flexibility index (Phi) is 7.55. The first kappa shape index (κ1) is 17.2. The Morgan fingerprint density at radius 2 is 1.79 bits per heavy atom. The van der Waals surface area contributed by atoms with Crippen molar-refractivity contribution in [2.75, 3.05) is 7.11 Å². The first-order valence-electron chi connectivity index (χ1n) is 6.18. The quantitative estimate of drug-likeness (QED) is 0.594. The second-order valence-electron chi connectivity index (χ2n) is 4.46. The number of carboxylic acid groups (broad SMARTS) is 1. The number of hydrogen-bond acceptors (Lipinski definition) is 4. The molecule has 0 saturated carbocycles. The van der Waals surface area contributed by atoms with Crippen molar-refractivity contribution in [3.63, 3.8) is 0 Å². The van der Waals surface area contributed by atoms with Gasteiger partial charge in [-0.2, -0.15) is 0 Å². The van der Waals surface area contributed by atoms with Crippen molar-refractivity contribution in [2.24, 2.45) is 5.92 Å². The lowest BCUT2D eigenvalue weighted by molar-refractivity contribution is -0.147. The zero-order chi connectivity index (χ0) is 15.0. The highest BCUT2D eigenvalue weighted by atomic mass is 16.5. The Labute approximate surface area is 112 Å².